The van der Waals surface area contributed by atoms with Crippen molar-refractivity contribution in [3.63, 3.8) is 0 Å². The number of carbonyl (C=O) groups excluding carboxylic acids is 1. The maximum atomic E-state index is 13.5. The molecule has 0 aliphatic rings. The number of sulfonamides is 1. The number of ether oxygens (including phenoxy) is 1. The quantitative estimate of drug-likeness (QED) is 0.806. The van der Waals surface area contributed by atoms with Crippen LogP contribution in [0, 0.1) is 11.6 Å². The zero-order valence-corrected chi connectivity index (χ0v) is 10.8. The maximum Gasteiger partial charge on any atom is 0.241 e. The van der Waals surface area contributed by atoms with E-state index in [-0.39, 0.29) is 18.9 Å². The Morgan fingerprint density at radius 2 is 2.00 bits per heavy atom. The monoisotopic (exact) mass is 294 g/mol. The summed E-state index contributed by atoms with van der Waals surface area (Å²) in [4.78, 5) is 9.93. The van der Waals surface area contributed by atoms with Crippen molar-refractivity contribution in [1.82, 2.24) is 5.32 Å². The van der Waals surface area contributed by atoms with E-state index in [0.29, 0.717) is 0 Å². The third-order valence-corrected chi connectivity index (χ3v) is 3.11. The molecule has 0 aromatic heterocycles. The summed E-state index contributed by atoms with van der Waals surface area (Å²) < 4.78 is 53.6. The van der Waals surface area contributed by atoms with Gasteiger partial charge in [-0.3, -0.25) is 4.79 Å². The molecule has 0 fully saturated rings. The fourth-order valence-electron chi connectivity index (χ4n) is 1.22. The van der Waals surface area contributed by atoms with Crippen molar-refractivity contribution in [2.75, 3.05) is 13.7 Å². The molecule has 3 N–H and O–H groups in total. The first-order chi connectivity index (χ1) is 8.77. The molecule has 1 rings (SSSR count). The van der Waals surface area contributed by atoms with Crippen molar-refractivity contribution >= 4 is 15.9 Å². The summed E-state index contributed by atoms with van der Waals surface area (Å²) >= 11 is 0. The number of halogens is 2. The number of nitrogens with two attached hydrogens (primary N) is 1. The van der Waals surface area contributed by atoms with Crippen LogP contribution in [0.25, 0.3) is 0 Å². The molecule has 1 aromatic carbocycles. The van der Waals surface area contributed by atoms with Gasteiger partial charge >= 0.3 is 0 Å². The van der Waals surface area contributed by atoms with Gasteiger partial charge in [-0.1, -0.05) is 0 Å². The Bertz CT molecular complexity index is 589. The van der Waals surface area contributed by atoms with Crippen molar-refractivity contribution in [3.05, 3.63) is 23.8 Å². The van der Waals surface area contributed by atoms with Crippen LogP contribution >= 0.6 is 0 Å². The molecule has 1 aromatic rings. The van der Waals surface area contributed by atoms with Gasteiger partial charge in [0.25, 0.3) is 0 Å². The van der Waals surface area contributed by atoms with E-state index in [1.165, 1.54) is 7.05 Å². The van der Waals surface area contributed by atoms with Gasteiger partial charge in [0.2, 0.25) is 21.7 Å². The highest BCUT2D eigenvalue weighted by molar-refractivity contribution is 7.89. The molecule has 0 radical (unpaired) electrons. The smallest absolute Gasteiger partial charge is 0.241 e. The number of primary sulfonamides is 1. The fourth-order valence-corrected chi connectivity index (χ4v) is 1.82. The van der Waals surface area contributed by atoms with Gasteiger partial charge in [-0.2, -0.15) is 4.39 Å². The minimum atomic E-state index is -4.35. The van der Waals surface area contributed by atoms with Crippen LogP contribution in [0.1, 0.15) is 6.42 Å². The Labute approximate surface area is 108 Å². The SMILES string of the molecule is CNC(=O)CCOc1ccc(S(N)(=O)=O)c(F)c1F. The largest absolute Gasteiger partial charge is 0.490 e. The lowest BCUT2D eigenvalue weighted by Gasteiger charge is -2.09. The zero-order chi connectivity index (χ0) is 14.6. The number of nitrogens with one attached hydrogen (secondary N) is 1. The molecule has 0 unspecified atom stereocenters. The standard InChI is InChI=1S/C10H12F2N2O4S/c1-14-8(15)4-5-18-6-2-3-7(19(13,16)17)10(12)9(6)11/h2-3H,4-5H2,1H3,(H,14,15)(H2,13,16,17). The van der Waals surface area contributed by atoms with Gasteiger partial charge in [0.05, 0.1) is 13.0 Å². The molecule has 0 atom stereocenters. The Hall–Kier alpha value is -1.74. The van der Waals surface area contributed by atoms with E-state index in [1.54, 1.807) is 0 Å². The molecule has 9 heteroatoms. The summed E-state index contributed by atoms with van der Waals surface area (Å²) in [5.41, 5.74) is 0. The maximum absolute atomic E-state index is 13.5. The highest BCUT2D eigenvalue weighted by Crippen LogP contribution is 2.24. The van der Waals surface area contributed by atoms with Crippen LogP contribution in [-0.2, 0) is 14.8 Å². The molecule has 0 bridgehead atoms. The van der Waals surface area contributed by atoms with Crippen molar-refractivity contribution in [2.24, 2.45) is 5.14 Å². The van der Waals surface area contributed by atoms with Crippen LogP contribution in [-0.4, -0.2) is 28.0 Å². The van der Waals surface area contributed by atoms with Gasteiger partial charge in [0.15, 0.2) is 11.6 Å². The first-order valence-electron chi connectivity index (χ1n) is 5.11. The third-order valence-electron chi connectivity index (χ3n) is 2.18. The van der Waals surface area contributed by atoms with Gasteiger partial charge in [0.1, 0.15) is 4.90 Å². The van der Waals surface area contributed by atoms with Crippen LogP contribution in [0.2, 0.25) is 0 Å². The summed E-state index contributed by atoms with van der Waals surface area (Å²) in [5, 5.41) is 7.03. The van der Waals surface area contributed by atoms with E-state index < -0.39 is 32.3 Å². The third kappa shape index (κ3) is 3.86. The molecule has 19 heavy (non-hydrogen) atoms. The number of hydrogen-bond acceptors (Lipinski definition) is 4. The van der Waals surface area contributed by atoms with Crippen LogP contribution in [0.3, 0.4) is 0 Å². The molecule has 1 amide bonds. The number of benzene rings is 1. The van der Waals surface area contributed by atoms with Crippen molar-refractivity contribution < 1.29 is 26.7 Å². The molecule has 0 heterocycles. The lowest BCUT2D eigenvalue weighted by atomic mass is 10.3. The minimum Gasteiger partial charge on any atom is -0.490 e. The highest BCUT2D eigenvalue weighted by Gasteiger charge is 2.21. The molecule has 0 saturated heterocycles. The second-order valence-corrected chi connectivity index (χ2v) is 5.04. The molecule has 0 aliphatic heterocycles. The van der Waals surface area contributed by atoms with E-state index in [0.717, 1.165) is 12.1 Å². The van der Waals surface area contributed by atoms with E-state index in [9.17, 15) is 22.0 Å². The molecular formula is C10H12F2N2O4S. The lowest BCUT2D eigenvalue weighted by Crippen LogP contribution is -2.20. The average Bonchev–Trinajstić information content (AvgIpc) is 2.32. The van der Waals surface area contributed by atoms with Crippen molar-refractivity contribution in [2.45, 2.75) is 11.3 Å². The Balaban J connectivity index is 2.89. The minimum absolute atomic E-state index is 0.0471. The summed E-state index contributed by atoms with van der Waals surface area (Å²) in [6, 6.07) is 1.73. The molecule has 0 aliphatic carbocycles. The summed E-state index contributed by atoms with van der Waals surface area (Å²) in [5.74, 6) is -3.90. The van der Waals surface area contributed by atoms with Gasteiger partial charge < -0.3 is 10.1 Å². The average molecular weight is 294 g/mol. The topological polar surface area (TPSA) is 98.5 Å². The Morgan fingerprint density at radius 1 is 1.37 bits per heavy atom. The predicted molar refractivity (Wildman–Crippen MR) is 61.9 cm³/mol. The van der Waals surface area contributed by atoms with Gasteiger partial charge in [-0.15, -0.1) is 0 Å². The first-order valence-corrected chi connectivity index (χ1v) is 6.66. The summed E-state index contributed by atoms with van der Waals surface area (Å²) in [6.07, 6.45) is -0.0471. The second-order valence-electron chi connectivity index (χ2n) is 3.51. The summed E-state index contributed by atoms with van der Waals surface area (Å²) in [7, 11) is -2.93. The summed E-state index contributed by atoms with van der Waals surface area (Å²) in [6.45, 7) is -0.176. The van der Waals surface area contributed by atoms with Crippen LogP contribution < -0.4 is 15.2 Å². The fraction of sp³-hybridized carbons (Fsp3) is 0.300. The molecule has 6 nitrogen and oxygen atoms in total. The van der Waals surface area contributed by atoms with Crippen molar-refractivity contribution in [3.8, 4) is 5.75 Å². The van der Waals surface area contributed by atoms with Crippen LogP contribution in [0.4, 0.5) is 8.78 Å². The molecule has 106 valence electrons. The van der Waals surface area contributed by atoms with E-state index >= 15 is 0 Å². The Kier molecular flexibility index (Phi) is 4.78. The Morgan fingerprint density at radius 3 is 2.53 bits per heavy atom. The first kappa shape index (κ1) is 15.3. The number of hydrogen-bond donors (Lipinski definition) is 2. The van der Waals surface area contributed by atoms with E-state index in [4.69, 9.17) is 9.88 Å². The predicted octanol–water partition coefficient (Wildman–Crippen LogP) is 0.127. The van der Waals surface area contributed by atoms with E-state index in [2.05, 4.69) is 5.32 Å². The number of rotatable bonds is 5. The molecular weight excluding hydrogens is 282 g/mol. The van der Waals surface area contributed by atoms with E-state index in [1.807, 2.05) is 0 Å². The zero-order valence-electron chi connectivity index (χ0n) is 9.94. The van der Waals surface area contributed by atoms with Crippen LogP contribution in [0.5, 0.6) is 5.75 Å². The number of amides is 1. The second kappa shape index (κ2) is 5.93. The normalized spacial score (nSPS) is 11.2. The molecule has 0 spiro atoms. The highest BCUT2D eigenvalue weighted by atomic mass is 32.2. The van der Waals surface area contributed by atoms with Gasteiger partial charge in [0, 0.05) is 7.05 Å². The number of carbonyl (C=O) groups is 1. The van der Waals surface area contributed by atoms with Gasteiger partial charge in [-0.25, -0.2) is 17.9 Å². The van der Waals surface area contributed by atoms with Crippen molar-refractivity contribution in [1.29, 1.82) is 0 Å². The molecule has 0 saturated carbocycles. The van der Waals surface area contributed by atoms with Crippen LogP contribution in [0.15, 0.2) is 17.0 Å². The van der Waals surface area contributed by atoms with Gasteiger partial charge in [-0.05, 0) is 12.1 Å². The lowest BCUT2D eigenvalue weighted by molar-refractivity contribution is -0.121.